The lowest BCUT2D eigenvalue weighted by atomic mass is 10.1. The van der Waals surface area contributed by atoms with E-state index in [2.05, 4.69) is 10.6 Å². The van der Waals surface area contributed by atoms with E-state index in [-0.39, 0.29) is 11.3 Å². The molecule has 2 aromatic carbocycles. The third-order valence-corrected chi connectivity index (χ3v) is 2.77. The minimum atomic E-state index is -0.725. The normalized spacial score (nSPS) is 10.0. The van der Waals surface area contributed by atoms with Gasteiger partial charge in [-0.25, -0.2) is 9.18 Å². The van der Waals surface area contributed by atoms with Crippen LogP contribution in [0.2, 0.25) is 0 Å². The fourth-order valence-electron chi connectivity index (χ4n) is 1.80. The standard InChI is InChI=1S/C15H14FN3O2/c1-9-5-6-13(12(16)7-9)19-14(20)10-3-2-4-11(8-10)18-15(17)21/h2-8H,1H3,(H,19,20)(H3,17,18,21). The van der Waals surface area contributed by atoms with Gasteiger partial charge in [-0.05, 0) is 42.8 Å². The number of hydrogen-bond acceptors (Lipinski definition) is 2. The Morgan fingerprint density at radius 1 is 1.10 bits per heavy atom. The molecule has 0 saturated heterocycles. The maximum Gasteiger partial charge on any atom is 0.316 e. The number of benzene rings is 2. The molecular weight excluding hydrogens is 273 g/mol. The number of urea groups is 1. The number of hydrogen-bond donors (Lipinski definition) is 3. The molecule has 6 heteroatoms. The number of primary amides is 1. The molecule has 0 radical (unpaired) electrons. The molecule has 2 aromatic rings. The first kappa shape index (κ1) is 14.5. The summed E-state index contributed by atoms with van der Waals surface area (Å²) >= 11 is 0. The predicted octanol–water partition coefficient (Wildman–Crippen LogP) is 2.88. The van der Waals surface area contributed by atoms with Crippen molar-refractivity contribution < 1.29 is 14.0 Å². The minimum absolute atomic E-state index is 0.0962. The first-order valence-electron chi connectivity index (χ1n) is 6.20. The summed E-state index contributed by atoms with van der Waals surface area (Å²) in [6, 6.07) is 9.98. The first-order valence-corrected chi connectivity index (χ1v) is 6.20. The Labute approximate surface area is 121 Å². The number of nitrogens with one attached hydrogen (secondary N) is 2. The third-order valence-electron chi connectivity index (χ3n) is 2.77. The molecule has 108 valence electrons. The van der Waals surface area contributed by atoms with E-state index in [0.717, 1.165) is 5.56 Å². The Balaban J connectivity index is 2.18. The molecule has 0 atom stereocenters. The Morgan fingerprint density at radius 2 is 1.86 bits per heavy atom. The van der Waals surface area contributed by atoms with E-state index in [0.29, 0.717) is 5.69 Å². The molecule has 2 rings (SSSR count). The molecule has 21 heavy (non-hydrogen) atoms. The molecule has 0 aliphatic rings. The van der Waals surface area contributed by atoms with E-state index in [1.807, 2.05) is 0 Å². The number of nitrogens with two attached hydrogens (primary N) is 1. The van der Waals surface area contributed by atoms with Gasteiger partial charge in [-0.15, -0.1) is 0 Å². The summed E-state index contributed by atoms with van der Waals surface area (Å²) in [7, 11) is 0. The molecule has 0 spiro atoms. The van der Waals surface area contributed by atoms with Crippen LogP contribution < -0.4 is 16.4 Å². The van der Waals surface area contributed by atoms with E-state index in [9.17, 15) is 14.0 Å². The number of carbonyl (C=O) groups is 2. The Morgan fingerprint density at radius 3 is 2.52 bits per heavy atom. The van der Waals surface area contributed by atoms with Crippen molar-refractivity contribution in [2.24, 2.45) is 5.73 Å². The van der Waals surface area contributed by atoms with Crippen molar-refractivity contribution in [2.45, 2.75) is 6.92 Å². The number of carbonyl (C=O) groups excluding carboxylic acids is 2. The van der Waals surface area contributed by atoms with Gasteiger partial charge in [0.25, 0.3) is 5.91 Å². The van der Waals surface area contributed by atoms with Crippen molar-refractivity contribution in [2.75, 3.05) is 10.6 Å². The third kappa shape index (κ3) is 3.79. The summed E-state index contributed by atoms with van der Waals surface area (Å²) in [5.74, 6) is -0.986. The summed E-state index contributed by atoms with van der Waals surface area (Å²) < 4.78 is 13.7. The van der Waals surface area contributed by atoms with Gasteiger partial charge < -0.3 is 16.4 Å². The second-order valence-electron chi connectivity index (χ2n) is 4.51. The van der Waals surface area contributed by atoms with Gasteiger partial charge in [0.1, 0.15) is 5.82 Å². The predicted molar refractivity (Wildman–Crippen MR) is 78.7 cm³/mol. The van der Waals surface area contributed by atoms with Crippen LogP contribution in [0, 0.1) is 12.7 Å². The molecule has 4 N–H and O–H groups in total. The SMILES string of the molecule is Cc1ccc(NC(=O)c2cccc(NC(N)=O)c2)c(F)c1. The summed E-state index contributed by atoms with van der Waals surface area (Å²) in [6.45, 7) is 1.76. The van der Waals surface area contributed by atoms with Gasteiger partial charge in [-0.3, -0.25) is 4.79 Å². The molecule has 5 nitrogen and oxygen atoms in total. The lowest BCUT2D eigenvalue weighted by Gasteiger charge is -2.08. The largest absolute Gasteiger partial charge is 0.351 e. The lowest BCUT2D eigenvalue weighted by molar-refractivity contribution is 0.102. The van der Waals surface area contributed by atoms with Gasteiger partial charge >= 0.3 is 6.03 Å². The molecular formula is C15H14FN3O2. The Kier molecular flexibility index (Phi) is 4.18. The molecule has 0 aromatic heterocycles. The van der Waals surface area contributed by atoms with Crippen LogP contribution in [-0.4, -0.2) is 11.9 Å². The number of rotatable bonds is 3. The van der Waals surface area contributed by atoms with Gasteiger partial charge in [0.15, 0.2) is 0 Å². The average Bonchev–Trinajstić information content (AvgIpc) is 2.41. The first-order chi connectivity index (χ1) is 9.95. The fourth-order valence-corrected chi connectivity index (χ4v) is 1.80. The van der Waals surface area contributed by atoms with Crippen LogP contribution in [0.15, 0.2) is 42.5 Å². The Bertz CT molecular complexity index is 701. The van der Waals surface area contributed by atoms with Crippen molar-refractivity contribution in [1.82, 2.24) is 0 Å². The molecule has 0 aliphatic carbocycles. The maximum absolute atomic E-state index is 13.7. The number of aryl methyl sites for hydroxylation is 1. The van der Waals surface area contributed by atoms with Gasteiger partial charge in [0.05, 0.1) is 5.69 Å². The lowest BCUT2D eigenvalue weighted by Crippen LogP contribution is -2.20. The van der Waals surface area contributed by atoms with Gasteiger partial charge in [0.2, 0.25) is 0 Å². The number of anilines is 2. The van der Waals surface area contributed by atoms with Crippen LogP contribution in [0.25, 0.3) is 0 Å². The second-order valence-corrected chi connectivity index (χ2v) is 4.51. The number of amides is 3. The van der Waals surface area contributed by atoms with Crippen molar-refractivity contribution >= 4 is 23.3 Å². The van der Waals surface area contributed by atoms with Gasteiger partial charge in [-0.1, -0.05) is 12.1 Å². The highest BCUT2D eigenvalue weighted by Gasteiger charge is 2.10. The van der Waals surface area contributed by atoms with Crippen molar-refractivity contribution in [3.63, 3.8) is 0 Å². The second kappa shape index (κ2) is 6.04. The highest BCUT2D eigenvalue weighted by Crippen LogP contribution is 2.17. The van der Waals surface area contributed by atoms with E-state index in [4.69, 9.17) is 5.73 Å². The molecule has 0 heterocycles. The van der Waals surface area contributed by atoms with Crippen molar-refractivity contribution in [3.05, 3.63) is 59.4 Å². The Hall–Kier alpha value is -2.89. The van der Waals surface area contributed by atoms with E-state index in [1.54, 1.807) is 31.2 Å². The molecule has 0 aliphatic heterocycles. The maximum atomic E-state index is 13.7. The summed E-state index contributed by atoms with van der Waals surface area (Å²) in [4.78, 5) is 22.8. The van der Waals surface area contributed by atoms with Crippen molar-refractivity contribution in [3.8, 4) is 0 Å². The topological polar surface area (TPSA) is 84.2 Å². The fraction of sp³-hybridized carbons (Fsp3) is 0.0667. The van der Waals surface area contributed by atoms with Gasteiger partial charge in [-0.2, -0.15) is 0 Å². The quantitative estimate of drug-likeness (QED) is 0.811. The highest BCUT2D eigenvalue weighted by molar-refractivity contribution is 6.05. The van der Waals surface area contributed by atoms with Crippen LogP contribution in [-0.2, 0) is 0 Å². The van der Waals surface area contributed by atoms with Crippen LogP contribution in [0.1, 0.15) is 15.9 Å². The summed E-state index contributed by atoms with van der Waals surface area (Å²) in [6.07, 6.45) is 0. The van der Waals surface area contributed by atoms with Crippen LogP contribution in [0.4, 0.5) is 20.6 Å². The van der Waals surface area contributed by atoms with Crippen LogP contribution >= 0.6 is 0 Å². The van der Waals surface area contributed by atoms with Crippen LogP contribution in [0.3, 0.4) is 0 Å². The molecule has 0 bridgehead atoms. The zero-order chi connectivity index (χ0) is 15.4. The molecule has 0 fully saturated rings. The summed E-state index contributed by atoms with van der Waals surface area (Å²) in [5.41, 5.74) is 6.53. The van der Waals surface area contributed by atoms with Gasteiger partial charge in [0, 0.05) is 11.3 Å². The smallest absolute Gasteiger partial charge is 0.316 e. The van der Waals surface area contributed by atoms with E-state index >= 15 is 0 Å². The van der Waals surface area contributed by atoms with E-state index < -0.39 is 17.8 Å². The zero-order valence-corrected chi connectivity index (χ0v) is 11.3. The molecule has 3 amide bonds. The number of halogens is 1. The highest BCUT2D eigenvalue weighted by atomic mass is 19.1. The zero-order valence-electron chi connectivity index (χ0n) is 11.3. The molecule has 0 saturated carbocycles. The average molecular weight is 287 g/mol. The monoisotopic (exact) mass is 287 g/mol. The van der Waals surface area contributed by atoms with Crippen molar-refractivity contribution in [1.29, 1.82) is 0 Å². The summed E-state index contributed by atoms with van der Waals surface area (Å²) in [5, 5.41) is 4.84. The van der Waals surface area contributed by atoms with E-state index in [1.165, 1.54) is 18.2 Å². The molecule has 0 unspecified atom stereocenters. The minimum Gasteiger partial charge on any atom is -0.351 e. The van der Waals surface area contributed by atoms with Crippen LogP contribution in [0.5, 0.6) is 0 Å².